The lowest BCUT2D eigenvalue weighted by Gasteiger charge is -2.24. The summed E-state index contributed by atoms with van der Waals surface area (Å²) in [6.07, 6.45) is 15.4. The molecule has 0 aliphatic rings. The number of unbranched alkanes of at least 4 members (excludes halogenated alkanes) is 11. The molecule has 0 aromatic carbocycles. The van der Waals surface area contributed by atoms with Crippen LogP contribution in [0.25, 0.3) is 0 Å². The quantitative estimate of drug-likeness (QED) is 0.271. The van der Waals surface area contributed by atoms with E-state index in [0.717, 1.165) is 12.8 Å². The minimum Gasteiger partial charge on any atom is -0.485 e. The fourth-order valence-corrected chi connectivity index (χ4v) is 5.37. The van der Waals surface area contributed by atoms with Crippen molar-refractivity contribution in [3.05, 3.63) is 0 Å². The number of rotatable bonds is 15. The van der Waals surface area contributed by atoms with Gasteiger partial charge in [-0.15, -0.1) is 0 Å². The van der Waals surface area contributed by atoms with Gasteiger partial charge in [0.05, 0.1) is 0 Å². The molecule has 5 heteroatoms. The first kappa shape index (κ1) is 23.2. The summed E-state index contributed by atoms with van der Waals surface area (Å²) in [5.74, 6) is -0.714. The lowest BCUT2D eigenvalue weighted by Crippen LogP contribution is -2.41. The number of carbonyl (C=O) groups is 2. The highest BCUT2D eigenvalue weighted by atomic mass is 28.4. The van der Waals surface area contributed by atoms with Crippen LogP contribution in [0, 0.1) is 0 Å². The van der Waals surface area contributed by atoms with Gasteiger partial charge in [-0.1, -0.05) is 77.6 Å². The Morgan fingerprint density at radius 3 is 1.33 bits per heavy atom. The second-order valence-electron chi connectivity index (χ2n) is 6.96. The Kier molecular flexibility index (Phi) is 14.0. The van der Waals surface area contributed by atoms with Gasteiger partial charge in [-0.25, -0.2) is 0 Å². The number of hydrogen-bond donors (Lipinski definition) is 0. The Balaban J connectivity index is 3.61. The van der Waals surface area contributed by atoms with Crippen LogP contribution >= 0.6 is 0 Å². The highest BCUT2D eigenvalue weighted by Crippen LogP contribution is 2.20. The Labute approximate surface area is 149 Å². The fourth-order valence-electron chi connectivity index (χ4n) is 3.02. The zero-order chi connectivity index (χ0) is 18.3. The van der Waals surface area contributed by atoms with Gasteiger partial charge in [0.2, 0.25) is 0 Å². The summed E-state index contributed by atoms with van der Waals surface area (Å²) in [5, 5.41) is 0. The zero-order valence-electron chi connectivity index (χ0n) is 16.3. The van der Waals surface area contributed by atoms with Gasteiger partial charge in [0.1, 0.15) is 0 Å². The third kappa shape index (κ3) is 14.7. The molecule has 0 aliphatic carbocycles. The van der Waals surface area contributed by atoms with Crippen LogP contribution in [-0.2, 0) is 18.4 Å². The van der Waals surface area contributed by atoms with Crippen molar-refractivity contribution < 1.29 is 18.4 Å². The Hall–Kier alpha value is -0.843. The highest BCUT2D eigenvalue weighted by molar-refractivity contribution is 6.69. The Morgan fingerprint density at radius 1 is 0.667 bits per heavy atom. The number of hydrogen-bond acceptors (Lipinski definition) is 4. The van der Waals surface area contributed by atoms with E-state index in [1.807, 2.05) is 0 Å². The molecule has 0 radical (unpaired) electrons. The fraction of sp³-hybridized carbons (Fsp3) is 0.895. The lowest BCUT2D eigenvalue weighted by atomic mass is 10.1. The van der Waals surface area contributed by atoms with E-state index in [1.54, 1.807) is 6.55 Å². The molecule has 0 amide bonds. The maximum atomic E-state index is 11.2. The van der Waals surface area contributed by atoms with E-state index in [-0.39, 0.29) is 11.9 Å². The summed E-state index contributed by atoms with van der Waals surface area (Å²) in [6.45, 7) is 6.80. The first-order chi connectivity index (χ1) is 11.4. The first-order valence-electron chi connectivity index (χ1n) is 9.79. The average Bonchev–Trinajstić information content (AvgIpc) is 2.46. The molecule has 142 valence electrons. The van der Waals surface area contributed by atoms with Crippen molar-refractivity contribution in [1.82, 2.24) is 0 Å². The van der Waals surface area contributed by atoms with Gasteiger partial charge in [-0.3, -0.25) is 9.59 Å². The van der Waals surface area contributed by atoms with Crippen molar-refractivity contribution in [2.75, 3.05) is 0 Å². The molecule has 0 saturated carbocycles. The molecule has 0 saturated heterocycles. The molecule has 0 aromatic heterocycles. The summed E-state index contributed by atoms with van der Waals surface area (Å²) in [6, 6.07) is 0.698. The van der Waals surface area contributed by atoms with Crippen LogP contribution in [0.2, 0.25) is 12.6 Å². The lowest BCUT2D eigenvalue weighted by molar-refractivity contribution is -0.138. The summed E-state index contributed by atoms with van der Waals surface area (Å²) in [7, 11) is -2.67. The molecule has 0 aromatic rings. The van der Waals surface area contributed by atoms with Crippen LogP contribution in [0.1, 0.15) is 97.8 Å². The molecule has 0 heterocycles. The molecule has 0 aliphatic heterocycles. The summed E-state index contributed by atoms with van der Waals surface area (Å²) in [5.41, 5.74) is 0. The number of carbonyl (C=O) groups excluding carboxylic acids is 2. The Bertz CT molecular complexity index is 328. The van der Waals surface area contributed by atoms with E-state index >= 15 is 0 Å². The largest absolute Gasteiger partial charge is 0.485 e. The van der Waals surface area contributed by atoms with E-state index in [9.17, 15) is 9.59 Å². The maximum Gasteiger partial charge on any atom is 0.461 e. The minimum atomic E-state index is -2.67. The van der Waals surface area contributed by atoms with Crippen LogP contribution in [0.3, 0.4) is 0 Å². The van der Waals surface area contributed by atoms with Crippen molar-refractivity contribution >= 4 is 20.5 Å². The van der Waals surface area contributed by atoms with E-state index in [2.05, 4.69) is 6.92 Å². The van der Waals surface area contributed by atoms with Crippen molar-refractivity contribution in [3.8, 4) is 0 Å². The first-order valence-corrected chi connectivity index (χ1v) is 12.3. The second-order valence-corrected chi connectivity index (χ2v) is 10.1. The van der Waals surface area contributed by atoms with Crippen LogP contribution in [0.5, 0.6) is 0 Å². The maximum absolute atomic E-state index is 11.2. The molecule has 4 nitrogen and oxygen atoms in total. The molecule has 0 rings (SSSR count). The topological polar surface area (TPSA) is 52.6 Å². The van der Waals surface area contributed by atoms with Crippen molar-refractivity contribution in [2.45, 2.75) is 110 Å². The van der Waals surface area contributed by atoms with Gasteiger partial charge in [-0.05, 0) is 6.42 Å². The van der Waals surface area contributed by atoms with Gasteiger partial charge in [0, 0.05) is 26.4 Å². The van der Waals surface area contributed by atoms with Crippen molar-refractivity contribution in [3.63, 3.8) is 0 Å². The van der Waals surface area contributed by atoms with Crippen molar-refractivity contribution in [2.24, 2.45) is 0 Å². The van der Waals surface area contributed by atoms with Gasteiger partial charge < -0.3 is 8.85 Å². The predicted molar refractivity (Wildman–Crippen MR) is 101 cm³/mol. The van der Waals surface area contributed by atoms with Crippen LogP contribution < -0.4 is 0 Å². The normalized spacial score (nSPS) is 11.3. The third-order valence-electron chi connectivity index (χ3n) is 4.20. The van der Waals surface area contributed by atoms with Gasteiger partial charge in [-0.2, -0.15) is 0 Å². The summed E-state index contributed by atoms with van der Waals surface area (Å²) in [4.78, 5) is 22.4. The summed E-state index contributed by atoms with van der Waals surface area (Å²) >= 11 is 0. The minimum absolute atomic E-state index is 0.357. The molecule has 0 fully saturated rings. The highest BCUT2D eigenvalue weighted by Gasteiger charge is 2.37. The molecule has 24 heavy (non-hydrogen) atoms. The zero-order valence-corrected chi connectivity index (χ0v) is 17.3. The molecular weight excluding hydrogens is 320 g/mol. The van der Waals surface area contributed by atoms with Crippen LogP contribution in [0.15, 0.2) is 0 Å². The third-order valence-corrected chi connectivity index (χ3v) is 6.90. The molecule has 0 N–H and O–H groups in total. The van der Waals surface area contributed by atoms with E-state index in [0.29, 0.717) is 6.04 Å². The predicted octanol–water partition coefficient (Wildman–Crippen LogP) is 5.89. The standard InChI is InChI=1S/C19H38O4Si/c1-5-6-7-8-9-10-11-12-13-14-15-16-17-24(4,22-18(2)20)23-19(3)21/h5-17H2,1-4H3. The van der Waals surface area contributed by atoms with Crippen LogP contribution in [-0.4, -0.2) is 20.5 Å². The van der Waals surface area contributed by atoms with Crippen molar-refractivity contribution in [1.29, 1.82) is 0 Å². The summed E-state index contributed by atoms with van der Waals surface area (Å²) < 4.78 is 10.6. The molecule has 0 spiro atoms. The molecule has 0 unspecified atom stereocenters. The van der Waals surface area contributed by atoms with Gasteiger partial charge >= 0.3 is 8.56 Å². The molecular formula is C19H38O4Si. The smallest absolute Gasteiger partial charge is 0.461 e. The van der Waals surface area contributed by atoms with E-state index in [4.69, 9.17) is 8.85 Å². The van der Waals surface area contributed by atoms with E-state index in [1.165, 1.54) is 78.1 Å². The SMILES string of the molecule is CCCCCCCCCCCCCC[Si](C)(OC(C)=O)OC(C)=O. The molecule has 0 atom stereocenters. The average molecular weight is 359 g/mol. The Morgan fingerprint density at radius 2 is 1.00 bits per heavy atom. The van der Waals surface area contributed by atoms with Gasteiger partial charge in [0.15, 0.2) is 0 Å². The van der Waals surface area contributed by atoms with Gasteiger partial charge in [0.25, 0.3) is 11.9 Å². The monoisotopic (exact) mass is 358 g/mol. The molecule has 0 bridgehead atoms. The second kappa shape index (κ2) is 14.5. The van der Waals surface area contributed by atoms with Crippen LogP contribution in [0.4, 0.5) is 0 Å². The van der Waals surface area contributed by atoms with E-state index < -0.39 is 8.56 Å².